The second-order valence-electron chi connectivity index (χ2n) is 7.12. The lowest BCUT2D eigenvalue weighted by atomic mass is 10.1. The number of carbonyl (C=O) groups excluding carboxylic acids is 2. The summed E-state index contributed by atoms with van der Waals surface area (Å²) in [6.07, 6.45) is 4.02. The Balaban J connectivity index is 0.00000240. The Morgan fingerprint density at radius 1 is 1.21 bits per heavy atom. The minimum Gasteiger partial charge on any atom is -0.378 e. The minimum absolute atomic E-state index is 0. The highest BCUT2D eigenvalue weighted by Gasteiger charge is 2.20. The third-order valence-corrected chi connectivity index (χ3v) is 5.15. The number of hydrogen-bond donors (Lipinski definition) is 2. The Hall–Kier alpha value is -2.42. The number of hydrogen-bond acceptors (Lipinski definition) is 5. The summed E-state index contributed by atoms with van der Waals surface area (Å²) in [4.78, 5) is 27.0. The van der Waals surface area contributed by atoms with Gasteiger partial charge in [-0.1, -0.05) is 6.07 Å². The van der Waals surface area contributed by atoms with Crippen molar-refractivity contribution in [2.24, 2.45) is 0 Å². The lowest BCUT2D eigenvalue weighted by Crippen LogP contribution is -2.40. The van der Waals surface area contributed by atoms with E-state index in [1.807, 2.05) is 10.9 Å². The van der Waals surface area contributed by atoms with Gasteiger partial charge in [0.15, 0.2) is 5.69 Å². The molecule has 156 valence electrons. The van der Waals surface area contributed by atoms with Gasteiger partial charge in [0.1, 0.15) is 0 Å². The fourth-order valence-electron chi connectivity index (χ4n) is 3.60. The number of nitrogens with zero attached hydrogens (tertiary/aromatic N) is 3. The molecule has 1 atom stereocenters. The fourth-order valence-corrected chi connectivity index (χ4v) is 3.60. The first kappa shape index (κ1) is 21.3. The van der Waals surface area contributed by atoms with E-state index < -0.39 is 0 Å². The molecule has 2 saturated heterocycles. The summed E-state index contributed by atoms with van der Waals surface area (Å²) in [5, 5.41) is 10.6. The Bertz CT molecular complexity index is 844. The van der Waals surface area contributed by atoms with Gasteiger partial charge in [0.2, 0.25) is 0 Å². The van der Waals surface area contributed by atoms with Crippen LogP contribution in [-0.2, 0) is 4.74 Å². The Morgan fingerprint density at radius 2 is 2.03 bits per heavy atom. The van der Waals surface area contributed by atoms with Crippen molar-refractivity contribution < 1.29 is 14.3 Å². The molecule has 0 aliphatic carbocycles. The highest BCUT2D eigenvalue weighted by molar-refractivity contribution is 6.03. The van der Waals surface area contributed by atoms with Crippen molar-refractivity contribution in [3.05, 3.63) is 47.8 Å². The van der Waals surface area contributed by atoms with Crippen LogP contribution in [0, 0.1) is 0 Å². The number of rotatable bonds is 4. The van der Waals surface area contributed by atoms with Gasteiger partial charge >= 0.3 is 0 Å². The fraction of sp³-hybridized carbons (Fsp3) is 0.450. The molecule has 8 nitrogen and oxygen atoms in total. The van der Waals surface area contributed by atoms with Gasteiger partial charge in [-0.3, -0.25) is 14.3 Å². The highest BCUT2D eigenvalue weighted by atomic mass is 35.5. The SMILES string of the molecule is Cl.O=C(Nc1cccc(C(=O)N2CCOCC2)c1)c1ccn(C2CCCNC2)n1. The van der Waals surface area contributed by atoms with Crippen molar-refractivity contribution in [3.63, 3.8) is 0 Å². The largest absolute Gasteiger partial charge is 0.378 e. The molecule has 2 aromatic rings. The van der Waals surface area contributed by atoms with E-state index in [1.165, 1.54) is 0 Å². The smallest absolute Gasteiger partial charge is 0.276 e. The maximum atomic E-state index is 12.6. The number of amides is 2. The van der Waals surface area contributed by atoms with Gasteiger partial charge in [-0.15, -0.1) is 12.4 Å². The van der Waals surface area contributed by atoms with Gasteiger partial charge < -0.3 is 20.3 Å². The monoisotopic (exact) mass is 419 g/mol. The summed E-state index contributed by atoms with van der Waals surface area (Å²) in [6, 6.07) is 9.03. The van der Waals surface area contributed by atoms with Crippen molar-refractivity contribution >= 4 is 29.9 Å². The van der Waals surface area contributed by atoms with E-state index >= 15 is 0 Å². The first-order chi connectivity index (χ1) is 13.7. The molecule has 1 unspecified atom stereocenters. The van der Waals surface area contributed by atoms with Crippen molar-refractivity contribution in [1.82, 2.24) is 20.0 Å². The lowest BCUT2D eigenvalue weighted by Gasteiger charge is -2.27. The number of halogens is 1. The van der Waals surface area contributed by atoms with E-state index in [0.29, 0.717) is 43.2 Å². The topological polar surface area (TPSA) is 88.5 Å². The van der Waals surface area contributed by atoms with Crippen LogP contribution in [0.5, 0.6) is 0 Å². The number of ether oxygens (including phenoxy) is 1. The average Bonchev–Trinajstić information content (AvgIpc) is 3.25. The number of aromatic nitrogens is 2. The standard InChI is InChI=1S/C20H25N5O3.ClH/c26-19(18-6-8-25(23-18)17-5-2-7-21-14-17)22-16-4-1-3-15(13-16)20(27)24-9-11-28-12-10-24;/h1,3-4,6,8,13,17,21H,2,5,7,9-12,14H2,(H,22,26);1H. The molecule has 0 saturated carbocycles. The number of piperidine rings is 1. The van der Waals surface area contributed by atoms with Gasteiger partial charge in [0, 0.05) is 37.1 Å². The van der Waals surface area contributed by atoms with Crippen molar-refractivity contribution in [2.75, 3.05) is 44.7 Å². The quantitative estimate of drug-likeness (QED) is 0.790. The molecule has 1 aromatic carbocycles. The van der Waals surface area contributed by atoms with E-state index in [1.54, 1.807) is 35.2 Å². The van der Waals surface area contributed by atoms with E-state index in [4.69, 9.17) is 4.74 Å². The van der Waals surface area contributed by atoms with Crippen molar-refractivity contribution in [1.29, 1.82) is 0 Å². The molecule has 29 heavy (non-hydrogen) atoms. The van der Waals surface area contributed by atoms with Gasteiger partial charge in [0.25, 0.3) is 11.8 Å². The normalized spacial score (nSPS) is 19.3. The van der Waals surface area contributed by atoms with E-state index in [2.05, 4.69) is 15.7 Å². The molecule has 2 aliphatic rings. The average molecular weight is 420 g/mol. The van der Waals surface area contributed by atoms with Crippen LogP contribution in [0.15, 0.2) is 36.5 Å². The van der Waals surface area contributed by atoms with E-state index in [0.717, 1.165) is 25.9 Å². The third kappa shape index (κ3) is 5.14. The Labute approximate surface area is 176 Å². The molecule has 0 bridgehead atoms. The Morgan fingerprint density at radius 3 is 2.79 bits per heavy atom. The van der Waals surface area contributed by atoms with Crippen molar-refractivity contribution in [2.45, 2.75) is 18.9 Å². The molecular formula is C20H26ClN5O3. The second kappa shape index (κ2) is 9.87. The molecule has 9 heteroatoms. The summed E-state index contributed by atoms with van der Waals surface area (Å²) < 4.78 is 7.15. The third-order valence-electron chi connectivity index (χ3n) is 5.15. The predicted molar refractivity (Wildman–Crippen MR) is 112 cm³/mol. The molecular weight excluding hydrogens is 394 g/mol. The number of carbonyl (C=O) groups is 2. The molecule has 2 fully saturated rings. The van der Waals surface area contributed by atoms with Crippen LogP contribution >= 0.6 is 12.4 Å². The molecule has 4 rings (SSSR count). The summed E-state index contributed by atoms with van der Waals surface area (Å²) in [7, 11) is 0. The highest BCUT2D eigenvalue weighted by Crippen LogP contribution is 2.17. The van der Waals surface area contributed by atoms with Crippen LogP contribution in [-0.4, -0.2) is 65.9 Å². The van der Waals surface area contributed by atoms with Gasteiger partial charge in [0.05, 0.1) is 19.3 Å². The van der Waals surface area contributed by atoms with Crippen LogP contribution in [0.4, 0.5) is 5.69 Å². The number of morpholine rings is 1. The minimum atomic E-state index is -0.279. The summed E-state index contributed by atoms with van der Waals surface area (Å²) in [6.45, 7) is 4.19. The maximum Gasteiger partial charge on any atom is 0.276 e. The molecule has 2 amide bonds. The summed E-state index contributed by atoms with van der Waals surface area (Å²) in [5.41, 5.74) is 1.51. The molecule has 0 spiro atoms. The predicted octanol–water partition coefficient (Wildman–Crippen LogP) is 1.95. The molecule has 3 heterocycles. The number of anilines is 1. The van der Waals surface area contributed by atoms with Crippen LogP contribution < -0.4 is 10.6 Å². The number of nitrogens with one attached hydrogen (secondary N) is 2. The van der Waals surface area contributed by atoms with Gasteiger partial charge in [-0.05, 0) is 43.7 Å². The zero-order valence-corrected chi connectivity index (χ0v) is 17.0. The molecule has 2 aliphatic heterocycles. The van der Waals surface area contributed by atoms with Crippen LogP contribution in [0.2, 0.25) is 0 Å². The number of benzene rings is 1. The summed E-state index contributed by atoms with van der Waals surface area (Å²) >= 11 is 0. The zero-order chi connectivity index (χ0) is 19.3. The van der Waals surface area contributed by atoms with Crippen LogP contribution in [0.25, 0.3) is 0 Å². The molecule has 0 radical (unpaired) electrons. The van der Waals surface area contributed by atoms with Gasteiger partial charge in [-0.25, -0.2) is 0 Å². The van der Waals surface area contributed by atoms with Gasteiger partial charge in [-0.2, -0.15) is 5.10 Å². The molecule has 2 N–H and O–H groups in total. The molecule has 1 aromatic heterocycles. The summed E-state index contributed by atoms with van der Waals surface area (Å²) in [5.74, 6) is -0.327. The Kier molecular flexibility index (Phi) is 7.24. The maximum absolute atomic E-state index is 12.6. The first-order valence-electron chi connectivity index (χ1n) is 9.75. The lowest BCUT2D eigenvalue weighted by molar-refractivity contribution is 0.0303. The van der Waals surface area contributed by atoms with E-state index in [-0.39, 0.29) is 30.3 Å². The second-order valence-corrected chi connectivity index (χ2v) is 7.12. The van der Waals surface area contributed by atoms with Crippen LogP contribution in [0.3, 0.4) is 0 Å². The van der Waals surface area contributed by atoms with Crippen molar-refractivity contribution in [3.8, 4) is 0 Å². The first-order valence-corrected chi connectivity index (χ1v) is 9.75. The van der Waals surface area contributed by atoms with Crippen LogP contribution in [0.1, 0.15) is 39.7 Å². The zero-order valence-electron chi connectivity index (χ0n) is 16.2. The van der Waals surface area contributed by atoms with E-state index in [9.17, 15) is 9.59 Å².